The summed E-state index contributed by atoms with van der Waals surface area (Å²) in [7, 11) is 0. The summed E-state index contributed by atoms with van der Waals surface area (Å²) >= 11 is 0. The molecule has 0 radical (unpaired) electrons. The molecule has 0 heterocycles. The summed E-state index contributed by atoms with van der Waals surface area (Å²) in [5, 5.41) is 2.93. The molecule has 0 saturated heterocycles. The molecule has 1 aromatic carbocycles. The smallest absolute Gasteiger partial charge is 0.353 e. The standard InChI is InChI=1S/C18H24F3NO/c1-11(2)8-9-12(3)22-17(23)15-10-14(15)13-6-4-5-7-16(13)18(19,20)21/h4-7,11-12,14-15H,8-10H2,1-3H3,(H,22,23). The van der Waals surface area contributed by atoms with Crippen LogP contribution in [0, 0.1) is 11.8 Å². The maximum Gasteiger partial charge on any atom is 0.416 e. The topological polar surface area (TPSA) is 29.1 Å². The molecule has 1 aliphatic rings. The first-order valence-electron chi connectivity index (χ1n) is 8.16. The average molecular weight is 327 g/mol. The Kier molecular flexibility index (Phi) is 5.37. The number of rotatable bonds is 6. The summed E-state index contributed by atoms with van der Waals surface area (Å²) in [5.41, 5.74) is -0.372. The van der Waals surface area contributed by atoms with Gasteiger partial charge in [-0.2, -0.15) is 13.2 Å². The number of benzene rings is 1. The van der Waals surface area contributed by atoms with E-state index in [0.717, 1.165) is 18.9 Å². The lowest BCUT2D eigenvalue weighted by Gasteiger charge is -2.16. The lowest BCUT2D eigenvalue weighted by Crippen LogP contribution is -2.34. The van der Waals surface area contributed by atoms with Crippen molar-refractivity contribution in [3.05, 3.63) is 35.4 Å². The predicted octanol–water partition coefficient (Wildman–Crippen LogP) is 4.75. The number of alkyl halides is 3. The lowest BCUT2D eigenvalue weighted by molar-refractivity contribution is -0.138. The maximum absolute atomic E-state index is 13.1. The molecule has 1 aliphatic carbocycles. The van der Waals surface area contributed by atoms with Crippen LogP contribution in [0.3, 0.4) is 0 Å². The van der Waals surface area contributed by atoms with Crippen LogP contribution < -0.4 is 5.32 Å². The molecule has 1 aromatic rings. The number of hydrogen-bond donors (Lipinski definition) is 1. The van der Waals surface area contributed by atoms with E-state index in [1.54, 1.807) is 6.07 Å². The molecule has 3 atom stereocenters. The number of carbonyl (C=O) groups excluding carboxylic acids is 1. The normalized spacial score (nSPS) is 22.0. The van der Waals surface area contributed by atoms with E-state index < -0.39 is 11.7 Å². The van der Waals surface area contributed by atoms with Crippen LogP contribution in [0.1, 0.15) is 57.1 Å². The zero-order valence-electron chi connectivity index (χ0n) is 13.8. The zero-order valence-corrected chi connectivity index (χ0v) is 13.8. The molecule has 1 saturated carbocycles. The number of carbonyl (C=O) groups is 1. The van der Waals surface area contributed by atoms with Gasteiger partial charge in [0.1, 0.15) is 0 Å². The van der Waals surface area contributed by atoms with Crippen molar-refractivity contribution >= 4 is 5.91 Å². The van der Waals surface area contributed by atoms with Crippen molar-refractivity contribution in [2.24, 2.45) is 11.8 Å². The van der Waals surface area contributed by atoms with E-state index in [-0.39, 0.29) is 29.3 Å². The van der Waals surface area contributed by atoms with Gasteiger partial charge in [-0.3, -0.25) is 4.79 Å². The summed E-state index contributed by atoms with van der Waals surface area (Å²) in [4.78, 5) is 12.2. The fraction of sp³-hybridized carbons (Fsp3) is 0.611. The van der Waals surface area contributed by atoms with E-state index >= 15 is 0 Å². The molecule has 1 amide bonds. The fourth-order valence-corrected chi connectivity index (χ4v) is 2.91. The molecule has 0 bridgehead atoms. The van der Waals surface area contributed by atoms with Crippen LogP contribution in [0.5, 0.6) is 0 Å². The average Bonchev–Trinajstić information content (AvgIpc) is 3.24. The van der Waals surface area contributed by atoms with Crippen molar-refractivity contribution in [2.75, 3.05) is 0 Å². The van der Waals surface area contributed by atoms with Crippen LogP contribution >= 0.6 is 0 Å². The minimum Gasteiger partial charge on any atom is -0.353 e. The Bertz CT molecular complexity index is 553. The molecular weight excluding hydrogens is 303 g/mol. The third-order valence-corrected chi connectivity index (χ3v) is 4.36. The Morgan fingerprint density at radius 2 is 1.87 bits per heavy atom. The third-order valence-electron chi connectivity index (χ3n) is 4.36. The highest BCUT2D eigenvalue weighted by Crippen LogP contribution is 2.51. The van der Waals surface area contributed by atoms with Crippen molar-refractivity contribution in [3.63, 3.8) is 0 Å². The van der Waals surface area contributed by atoms with Crippen molar-refractivity contribution in [1.29, 1.82) is 0 Å². The minimum absolute atomic E-state index is 0.0593. The number of amides is 1. The van der Waals surface area contributed by atoms with Gasteiger partial charge in [0, 0.05) is 12.0 Å². The quantitative estimate of drug-likeness (QED) is 0.802. The molecule has 3 unspecified atom stereocenters. The van der Waals surface area contributed by atoms with Gasteiger partial charge in [-0.05, 0) is 49.7 Å². The fourth-order valence-electron chi connectivity index (χ4n) is 2.91. The Labute approximate surface area is 135 Å². The van der Waals surface area contributed by atoms with Gasteiger partial charge in [-0.15, -0.1) is 0 Å². The molecule has 1 N–H and O–H groups in total. The largest absolute Gasteiger partial charge is 0.416 e. The minimum atomic E-state index is -4.37. The van der Waals surface area contributed by atoms with E-state index in [2.05, 4.69) is 19.2 Å². The first-order chi connectivity index (χ1) is 10.7. The number of halogens is 3. The van der Waals surface area contributed by atoms with Crippen LogP contribution in [-0.4, -0.2) is 11.9 Å². The zero-order chi connectivity index (χ0) is 17.2. The van der Waals surface area contributed by atoms with Crippen LogP contribution in [0.4, 0.5) is 13.2 Å². The van der Waals surface area contributed by atoms with Crippen LogP contribution in [-0.2, 0) is 11.0 Å². The van der Waals surface area contributed by atoms with Gasteiger partial charge in [0.05, 0.1) is 5.56 Å². The van der Waals surface area contributed by atoms with Gasteiger partial charge in [0.2, 0.25) is 5.91 Å². The highest BCUT2D eigenvalue weighted by molar-refractivity contribution is 5.83. The summed E-state index contributed by atoms with van der Waals surface area (Å²) < 4.78 is 39.2. The van der Waals surface area contributed by atoms with E-state index in [1.807, 2.05) is 6.92 Å². The van der Waals surface area contributed by atoms with Gasteiger partial charge >= 0.3 is 6.18 Å². The van der Waals surface area contributed by atoms with E-state index in [0.29, 0.717) is 12.3 Å². The van der Waals surface area contributed by atoms with Crippen LogP contribution in [0.2, 0.25) is 0 Å². The van der Waals surface area contributed by atoms with Gasteiger partial charge in [-0.25, -0.2) is 0 Å². The summed E-state index contributed by atoms with van der Waals surface area (Å²) in [5.74, 6) is -0.199. The van der Waals surface area contributed by atoms with Gasteiger partial charge in [0.25, 0.3) is 0 Å². The first kappa shape index (κ1) is 17.8. The van der Waals surface area contributed by atoms with Crippen LogP contribution in [0.15, 0.2) is 24.3 Å². The molecule has 5 heteroatoms. The Morgan fingerprint density at radius 1 is 1.22 bits per heavy atom. The van der Waals surface area contributed by atoms with Crippen LogP contribution in [0.25, 0.3) is 0 Å². The van der Waals surface area contributed by atoms with E-state index in [9.17, 15) is 18.0 Å². The summed E-state index contributed by atoms with van der Waals surface area (Å²) in [6.07, 6.45) is -1.97. The molecule has 2 rings (SSSR count). The Balaban J connectivity index is 1.96. The van der Waals surface area contributed by atoms with Gasteiger partial charge in [0.15, 0.2) is 0 Å². The molecule has 1 fully saturated rings. The Hall–Kier alpha value is -1.52. The second-order valence-electron chi connectivity index (χ2n) is 6.91. The van der Waals surface area contributed by atoms with Gasteiger partial charge in [-0.1, -0.05) is 32.0 Å². The SMILES string of the molecule is CC(C)CCC(C)NC(=O)C1CC1c1ccccc1C(F)(F)F. The Morgan fingerprint density at radius 3 is 2.48 bits per heavy atom. The molecule has 2 nitrogen and oxygen atoms in total. The number of hydrogen-bond acceptors (Lipinski definition) is 1. The van der Waals surface area contributed by atoms with Gasteiger partial charge < -0.3 is 5.32 Å². The monoisotopic (exact) mass is 327 g/mol. The number of nitrogens with one attached hydrogen (secondary N) is 1. The molecule has 0 aliphatic heterocycles. The third kappa shape index (κ3) is 4.72. The summed E-state index contributed by atoms with van der Waals surface area (Å²) in [6.45, 7) is 6.19. The van der Waals surface area contributed by atoms with Crippen molar-refractivity contribution in [1.82, 2.24) is 5.32 Å². The van der Waals surface area contributed by atoms with Crippen molar-refractivity contribution < 1.29 is 18.0 Å². The van der Waals surface area contributed by atoms with E-state index in [4.69, 9.17) is 0 Å². The highest BCUT2D eigenvalue weighted by atomic mass is 19.4. The predicted molar refractivity (Wildman–Crippen MR) is 84.0 cm³/mol. The lowest BCUT2D eigenvalue weighted by atomic mass is 10.0. The van der Waals surface area contributed by atoms with Crippen molar-refractivity contribution in [3.8, 4) is 0 Å². The molecule has 0 aromatic heterocycles. The molecule has 128 valence electrons. The first-order valence-corrected chi connectivity index (χ1v) is 8.16. The maximum atomic E-state index is 13.1. The molecule has 23 heavy (non-hydrogen) atoms. The van der Waals surface area contributed by atoms with Crippen molar-refractivity contribution in [2.45, 2.75) is 58.2 Å². The highest BCUT2D eigenvalue weighted by Gasteiger charge is 2.47. The second kappa shape index (κ2) is 6.93. The molecule has 0 spiro atoms. The second-order valence-corrected chi connectivity index (χ2v) is 6.91. The van der Waals surface area contributed by atoms with E-state index in [1.165, 1.54) is 12.1 Å². The molecular formula is C18H24F3NO. The summed E-state index contributed by atoms with van der Waals surface area (Å²) in [6, 6.07) is 5.63.